The van der Waals surface area contributed by atoms with Gasteiger partial charge in [0.1, 0.15) is 0 Å². The number of carbonyl (C=O) groups excluding carboxylic acids is 2. The second-order valence-corrected chi connectivity index (χ2v) is 6.45. The molecule has 0 aromatic heterocycles. The van der Waals surface area contributed by atoms with E-state index in [0.717, 1.165) is 5.56 Å². The van der Waals surface area contributed by atoms with Gasteiger partial charge in [0.2, 0.25) is 11.8 Å². The molecule has 0 saturated carbocycles. The predicted octanol–water partition coefficient (Wildman–Crippen LogP) is 4.10. The van der Waals surface area contributed by atoms with Gasteiger partial charge in [0.05, 0.1) is 10.7 Å². The second-order valence-electron chi connectivity index (χ2n) is 5.60. The largest absolute Gasteiger partial charge is 0.354 e. The monoisotopic (exact) mass is 378 g/mol. The minimum atomic E-state index is -0.150. The van der Waals surface area contributed by atoms with Crippen molar-refractivity contribution in [2.45, 2.75) is 19.8 Å². The summed E-state index contributed by atoms with van der Waals surface area (Å²) < 4.78 is 0. The molecule has 2 aromatic rings. The molecule has 0 aliphatic rings. The maximum Gasteiger partial charge on any atom is 0.223 e. The minimum absolute atomic E-state index is 0.0467. The van der Waals surface area contributed by atoms with Crippen LogP contribution in [0.2, 0.25) is 10.0 Å². The Morgan fingerprint density at radius 3 is 2.44 bits per heavy atom. The van der Waals surface area contributed by atoms with Gasteiger partial charge in [0.25, 0.3) is 0 Å². The van der Waals surface area contributed by atoms with Crippen molar-refractivity contribution < 1.29 is 9.59 Å². The molecule has 0 radical (unpaired) electrons. The molecular formula is C19H20Cl2N2O2. The number of hydrogen-bond donors (Lipinski definition) is 1. The van der Waals surface area contributed by atoms with Crippen LogP contribution in [0.15, 0.2) is 48.5 Å². The summed E-state index contributed by atoms with van der Waals surface area (Å²) in [6.45, 7) is 2.15. The van der Waals surface area contributed by atoms with E-state index in [1.54, 1.807) is 18.2 Å². The average Bonchev–Trinajstić information content (AvgIpc) is 2.58. The van der Waals surface area contributed by atoms with Crippen LogP contribution in [0.25, 0.3) is 0 Å². The SMILES string of the molecule is CC(=O)N(CCNC(=O)CCc1ccccc1)c1ccc(Cl)cc1Cl. The van der Waals surface area contributed by atoms with E-state index in [1.165, 1.54) is 11.8 Å². The van der Waals surface area contributed by atoms with Gasteiger partial charge < -0.3 is 10.2 Å². The van der Waals surface area contributed by atoms with E-state index in [-0.39, 0.29) is 11.8 Å². The molecule has 4 nitrogen and oxygen atoms in total. The summed E-state index contributed by atoms with van der Waals surface area (Å²) in [6, 6.07) is 14.8. The van der Waals surface area contributed by atoms with Crippen LogP contribution in [0.5, 0.6) is 0 Å². The molecule has 6 heteroatoms. The van der Waals surface area contributed by atoms with Crippen molar-refractivity contribution in [2.24, 2.45) is 0 Å². The zero-order valence-electron chi connectivity index (χ0n) is 14.0. The van der Waals surface area contributed by atoms with Crippen molar-refractivity contribution in [1.29, 1.82) is 0 Å². The second kappa shape index (κ2) is 9.44. The van der Waals surface area contributed by atoms with E-state index in [1.807, 2.05) is 30.3 Å². The van der Waals surface area contributed by atoms with Crippen LogP contribution in [0.4, 0.5) is 5.69 Å². The maximum absolute atomic E-state index is 12.0. The molecule has 1 N–H and O–H groups in total. The Labute approximate surface area is 157 Å². The third-order valence-electron chi connectivity index (χ3n) is 3.72. The zero-order chi connectivity index (χ0) is 18.2. The fraction of sp³-hybridized carbons (Fsp3) is 0.263. The Morgan fingerprint density at radius 2 is 1.80 bits per heavy atom. The van der Waals surface area contributed by atoms with Crippen LogP contribution < -0.4 is 10.2 Å². The van der Waals surface area contributed by atoms with Gasteiger partial charge >= 0.3 is 0 Å². The lowest BCUT2D eigenvalue weighted by Gasteiger charge is -2.22. The number of anilines is 1. The van der Waals surface area contributed by atoms with E-state index >= 15 is 0 Å². The number of benzene rings is 2. The molecule has 0 heterocycles. The van der Waals surface area contributed by atoms with Gasteiger partial charge in [-0.05, 0) is 30.2 Å². The van der Waals surface area contributed by atoms with Gasteiger partial charge in [-0.3, -0.25) is 9.59 Å². The minimum Gasteiger partial charge on any atom is -0.354 e. The van der Waals surface area contributed by atoms with E-state index < -0.39 is 0 Å². The third kappa shape index (κ3) is 6.07. The normalized spacial score (nSPS) is 10.4. The summed E-state index contributed by atoms with van der Waals surface area (Å²) in [6.07, 6.45) is 1.10. The fourth-order valence-electron chi connectivity index (χ4n) is 2.45. The number of hydrogen-bond acceptors (Lipinski definition) is 2. The van der Waals surface area contributed by atoms with Crippen LogP contribution in [-0.4, -0.2) is 24.9 Å². The van der Waals surface area contributed by atoms with Crippen molar-refractivity contribution in [3.63, 3.8) is 0 Å². The Kier molecular flexibility index (Phi) is 7.29. The lowest BCUT2D eigenvalue weighted by atomic mass is 10.1. The van der Waals surface area contributed by atoms with Gasteiger partial charge in [0.15, 0.2) is 0 Å². The number of amides is 2. The molecule has 25 heavy (non-hydrogen) atoms. The molecule has 0 atom stereocenters. The lowest BCUT2D eigenvalue weighted by Crippen LogP contribution is -2.37. The maximum atomic E-state index is 12.0. The fourth-order valence-corrected chi connectivity index (χ4v) is 2.96. The van der Waals surface area contributed by atoms with Crippen molar-refractivity contribution in [3.05, 3.63) is 64.1 Å². The van der Waals surface area contributed by atoms with E-state index in [4.69, 9.17) is 23.2 Å². The van der Waals surface area contributed by atoms with E-state index in [0.29, 0.717) is 41.7 Å². The number of nitrogens with zero attached hydrogens (tertiary/aromatic N) is 1. The van der Waals surface area contributed by atoms with Crippen LogP contribution in [0.1, 0.15) is 18.9 Å². The van der Waals surface area contributed by atoms with Crippen molar-refractivity contribution in [2.75, 3.05) is 18.0 Å². The quantitative estimate of drug-likeness (QED) is 0.788. The topological polar surface area (TPSA) is 49.4 Å². The Hall–Kier alpha value is -2.04. The number of aryl methyl sites for hydroxylation is 1. The number of halogens is 2. The zero-order valence-corrected chi connectivity index (χ0v) is 15.5. The summed E-state index contributed by atoms with van der Waals surface area (Å²) in [5.41, 5.74) is 1.70. The standard InChI is InChI=1S/C19H20Cl2N2O2/c1-14(24)23(18-9-8-16(20)13-17(18)21)12-11-22-19(25)10-7-15-5-3-2-4-6-15/h2-6,8-9,13H,7,10-12H2,1H3,(H,22,25). The molecule has 0 saturated heterocycles. The van der Waals surface area contributed by atoms with E-state index in [9.17, 15) is 9.59 Å². The summed E-state index contributed by atoms with van der Waals surface area (Å²) in [5.74, 6) is -0.197. The van der Waals surface area contributed by atoms with Crippen molar-refractivity contribution in [3.8, 4) is 0 Å². The van der Waals surface area contributed by atoms with Crippen LogP contribution in [0, 0.1) is 0 Å². The first-order valence-corrected chi connectivity index (χ1v) is 8.76. The molecule has 0 spiro atoms. The van der Waals surface area contributed by atoms with Gasteiger partial charge in [-0.15, -0.1) is 0 Å². The van der Waals surface area contributed by atoms with Gasteiger partial charge in [0, 0.05) is 31.5 Å². The Bertz CT molecular complexity index is 735. The van der Waals surface area contributed by atoms with E-state index in [2.05, 4.69) is 5.32 Å². The Morgan fingerprint density at radius 1 is 1.08 bits per heavy atom. The Balaban J connectivity index is 1.85. The van der Waals surface area contributed by atoms with Crippen LogP contribution in [-0.2, 0) is 16.0 Å². The molecule has 0 aliphatic carbocycles. The molecule has 2 rings (SSSR count). The summed E-state index contributed by atoms with van der Waals surface area (Å²) in [4.78, 5) is 25.4. The number of nitrogens with one attached hydrogen (secondary N) is 1. The molecule has 2 amide bonds. The molecule has 2 aromatic carbocycles. The highest BCUT2D eigenvalue weighted by atomic mass is 35.5. The molecule has 0 fully saturated rings. The summed E-state index contributed by atoms with van der Waals surface area (Å²) in [7, 11) is 0. The van der Waals surface area contributed by atoms with Gasteiger partial charge in [-0.1, -0.05) is 53.5 Å². The van der Waals surface area contributed by atoms with Crippen molar-refractivity contribution in [1.82, 2.24) is 5.32 Å². The van der Waals surface area contributed by atoms with Gasteiger partial charge in [-0.2, -0.15) is 0 Å². The number of carbonyl (C=O) groups is 2. The summed E-state index contributed by atoms with van der Waals surface area (Å²) >= 11 is 12.0. The molecule has 0 bridgehead atoms. The molecule has 0 unspecified atom stereocenters. The smallest absolute Gasteiger partial charge is 0.223 e. The first-order valence-electron chi connectivity index (χ1n) is 8.01. The molecule has 132 valence electrons. The van der Waals surface area contributed by atoms with Crippen LogP contribution in [0.3, 0.4) is 0 Å². The highest BCUT2D eigenvalue weighted by Gasteiger charge is 2.15. The molecule has 0 aliphatic heterocycles. The molecular weight excluding hydrogens is 359 g/mol. The number of rotatable bonds is 7. The third-order valence-corrected chi connectivity index (χ3v) is 4.26. The van der Waals surface area contributed by atoms with Gasteiger partial charge in [-0.25, -0.2) is 0 Å². The highest BCUT2D eigenvalue weighted by molar-refractivity contribution is 6.36. The van der Waals surface area contributed by atoms with Crippen LogP contribution >= 0.6 is 23.2 Å². The van der Waals surface area contributed by atoms with Crippen molar-refractivity contribution >= 4 is 40.7 Å². The first kappa shape index (κ1) is 19.3. The summed E-state index contributed by atoms with van der Waals surface area (Å²) in [5, 5.41) is 3.74. The lowest BCUT2D eigenvalue weighted by molar-refractivity contribution is -0.121. The average molecular weight is 379 g/mol. The first-order chi connectivity index (χ1) is 12.0. The highest BCUT2D eigenvalue weighted by Crippen LogP contribution is 2.28. The predicted molar refractivity (Wildman–Crippen MR) is 102 cm³/mol.